The Bertz CT molecular complexity index is 483. The van der Waals surface area contributed by atoms with Gasteiger partial charge in [-0.25, -0.2) is 0 Å². The molecule has 1 atom stereocenters. The zero-order valence-electron chi connectivity index (χ0n) is 12.8. The molecule has 0 saturated carbocycles. The Hall–Kier alpha value is -1.42. The third-order valence-corrected chi connectivity index (χ3v) is 4.26. The average molecular weight is 275 g/mol. The lowest BCUT2D eigenvalue weighted by atomic mass is 10.1. The number of fused-ring (bicyclic) bond motifs is 1. The minimum absolute atomic E-state index is 0.267. The highest BCUT2D eigenvalue weighted by atomic mass is 16.5. The van der Waals surface area contributed by atoms with Gasteiger partial charge in [-0.2, -0.15) is 0 Å². The van der Waals surface area contributed by atoms with Gasteiger partial charge >= 0.3 is 0 Å². The van der Waals surface area contributed by atoms with Crippen LogP contribution < -0.4 is 19.9 Å². The van der Waals surface area contributed by atoms with Gasteiger partial charge in [-0.05, 0) is 31.0 Å². The molecule has 2 aliphatic rings. The number of nitrogens with one attached hydrogen (secondary N) is 1. The number of rotatable bonds is 2. The van der Waals surface area contributed by atoms with Crippen LogP contribution in [0.25, 0.3) is 0 Å². The number of piperazine rings is 1. The first kappa shape index (κ1) is 13.6. The summed E-state index contributed by atoms with van der Waals surface area (Å²) in [6.07, 6.45) is 1.28. The van der Waals surface area contributed by atoms with Crippen LogP contribution in [-0.2, 0) is 6.42 Å². The quantitative estimate of drug-likeness (QED) is 0.892. The van der Waals surface area contributed by atoms with Gasteiger partial charge in [-0.3, -0.25) is 0 Å². The summed E-state index contributed by atoms with van der Waals surface area (Å²) in [4.78, 5) is 4.80. The maximum atomic E-state index is 6.09. The number of likely N-dealkylation sites (N-methyl/N-ethyl adjacent to an activating group) is 1. The van der Waals surface area contributed by atoms with Gasteiger partial charge < -0.3 is 19.9 Å². The van der Waals surface area contributed by atoms with Crippen LogP contribution in [0.3, 0.4) is 0 Å². The Balaban J connectivity index is 1.99. The summed E-state index contributed by atoms with van der Waals surface area (Å²) < 4.78 is 6.09. The molecule has 4 heteroatoms. The van der Waals surface area contributed by atoms with Crippen LogP contribution in [0.15, 0.2) is 12.1 Å². The van der Waals surface area contributed by atoms with Gasteiger partial charge in [0, 0.05) is 38.9 Å². The van der Waals surface area contributed by atoms with E-state index in [9.17, 15) is 0 Å². The van der Waals surface area contributed by atoms with Crippen molar-refractivity contribution in [3.05, 3.63) is 17.7 Å². The van der Waals surface area contributed by atoms with E-state index >= 15 is 0 Å². The topological polar surface area (TPSA) is 27.7 Å². The second-order valence-electron chi connectivity index (χ2n) is 5.85. The molecule has 1 saturated heterocycles. The van der Waals surface area contributed by atoms with Crippen LogP contribution in [0.2, 0.25) is 0 Å². The van der Waals surface area contributed by atoms with Crippen LogP contribution in [0.1, 0.15) is 19.4 Å². The predicted octanol–water partition coefficient (Wildman–Crippen LogP) is 1.88. The maximum Gasteiger partial charge on any atom is 0.146 e. The second-order valence-corrected chi connectivity index (χ2v) is 5.85. The number of ether oxygens (including phenoxy) is 1. The molecule has 1 fully saturated rings. The molecule has 0 radical (unpaired) electrons. The Morgan fingerprint density at radius 3 is 2.75 bits per heavy atom. The molecule has 1 unspecified atom stereocenters. The van der Waals surface area contributed by atoms with Crippen molar-refractivity contribution in [1.29, 1.82) is 0 Å². The first-order chi connectivity index (χ1) is 9.69. The third-order valence-electron chi connectivity index (χ3n) is 4.26. The van der Waals surface area contributed by atoms with Gasteiger partial charge in [0.1, 0.15) is 11.9 Å². The highest BCUT2D eigenvalue weighted by Gasteiger charge is 2.24. The zero-order valence-corrected chi connectivity index (χ0v) is 12.8. The van der Waals surface area contributed by atoms with E-state index < -0.39 is 0 Å². The van der Waals surface area contributed by atoms with Gasteiger partial charge in [0.25, 0.3) is 0 Å². The molecular formula is C16H25N3O. The smallest absolute Gasteiger partial charge is 0.146 e. The van der Waals surface area contributed by atoms with Crippen molar-refractivity contribution in [1.82, 2.24) is 5.32 Å². The fourth-order valence-electron chi connectivity index (χ4n) is 3.17. The maximum absolute atomic E-state index is 6.09. The molecule has 1 aromatic carbocycles. The van der Waals surface area contributed by atoms with Crippen LogP contribution >= 0.6 is 0 Å². The highest BCUT2D eigenvalue weighted by molar-refractivity contribution is 5.71. The number of aryl methyl sites for hydroxylation is 1. The van der Waals surface area contributed by atoms with Crippen LogP contribution in [0.4, 0.5) is 11.4 Å². The molecule has 0 bridgehead atoms. The van der Waals surface area contributed by atoms with Crippen molar-refractivity contribution in [2.24, 2.45) is 0 Å². The molecule has 0 aliphatic carbocycles. The Morgan fingerprint density at radius 2 is 2.05 bits per heavy atom. The molecule has 1 N–H and O–H groups in total. The van der Waals surface area contributed by atoms with Gasteiger partial charge in [0.2, 0.25) is 0 Å². The SMILES string of the molecule is CCc1cc(N2CCNCC2)cc2c1OC(C)CN2C. The summed E-state index contributed by atoms with van der Waals surface area (Å²) >= 11 is 0. The van der Waals surface area contributed by atoms with Crippen LogP contribution in [-0.4, -0.2) is 45.9 Å². The van der Waals surface area contributed by atoms with Crippen molar-refractivity contribution in [2.45, 2.75) is 26.4 Å². The lowest BCUT2D eigenvalue weighted by molar-refractivity contribution is 0.213. The molecule has 0 aromatic heterocycles. The summed E-state index contributed by atoms with van der Waals surface area (Å²) in [6.45, 7) is 9.62. The molecule has 0 amide bonds. The van der Waals surface area contributed by atoms with Crippen molar-refractivity contribution in [3.63, 3.8) is 0 Å². The average Bonchev–Trinajstić information content (AvgIpc) is 2.47. The van der Waals surface area contributed by atoms with E-state index in [0.717, 1.165) is 44.9 Å². The molecule has 4 nitrogen and oxygen atoms in total. The number of nitrogens with zero attached hydrogens (tertiary/aromatic N) is 2. The Kier molecular flexibility index (Phi) is 3.74. The zero-order chi connectivity index (χ0) is 14.1. The molecule has 2 aliphatic heterocycles. The third kappa shape index (κ3) is 2.44. The molecule has 1 aromatic rings. The van der Waals surface area contributed by atoms with Crippen LogP contribution in [0, 0.1) is 0 Å². The Labute approximate surface area is 121 Å². The van der Waals surface area contributed by atoms with E-state index in [-0.39, 0.29) is 6.10 Å². The fraction of sp³-hybridized carbons (Fsp3) is 0.625. The number of hydrogen-bond donors (Lipinski definition) is 1. The van der Waals surface area contributed by atoms with E-state index in [0.29, 0.717) is 0 Å². The summed E-state index contributed by atoms with van der Waals surface area (Å²) in [5.41, 5.74) is 3.91. The monoisotopic (exact) mass is 275 g/mol. The first-order valence-electron chi connectivity index (χ1n) is 7.69. The first-order valence-corrected chi connectivity index (χ1v) is 7.69. The van der Waals surface area contributed by atoms with Crippen molar-refractivity contribution >= 4 is 11.4 Å². The largest absolute Gasteiger partial charge is 0.486 e. The number of anilines is 2. The van der Waals surface area contributed by atoms with E-state index in [1.54, 1.807) is 0 Å². The minimum Gasteiger partial charge on any atom is -0.486 e. The summed E-state index contributed by atoms with van der Waals surface area (Å²) in [6, 6.07) is 4.61. The van der Waals surface area contributed by atoms with Gasteiger partial charge in [-0.15, -0.1) is 0 Å². The van der Waals surface area contributed by atoms with E-state index in [1.165, 1.54) is 16.9 Å². The molecule has 20 heavy (non-hydrogen) atoms. The molecular weight excluding hydrogens is 250 g/mol. The van der Waals surface area contributed by atoms with E-state index in [4.69, 9.17) is 4.74 Å². The normalized spacial score (nSPS) is 22.4. The standard InChI is InChI=1S/C16H25N3O/c1-4-13-9-14(19-7-5-17-6-8-19)10-15-16(13)20-12(2)11-18(15)3/h9-10,12,17H,4-8,11H2,1-3H3. The number of benzene rings is 1. The molecule has 0 spiro atoms. The van der Waals surface area contributed by atoms with Gasteiger partial charge in [-0.1, -0.05) is 6.92 Å². The molecule has 3 rings (SSSR count). The van der Waals surface area contributed by atoms with Crippen molar-refractivity contribution in [3.8, 4) is 5.75 Å². The second kappa shape index (κ2) is 5.52. The van der Waals surface area contributed by atoms with E-state index in [2.05, 4.69) is 48.1 Å². The summed E-state index contributed by atoms with van der Waals surface area (Å²) in [7, 11) is 2.17. The van der Waals surface area contributed by atoms with Gasteiger partial charge in [0.15, 0.2) is 0 Å². The van der Waals surface area contributed by atoms with Crippen molar-refractivity contribution in [2.75, 3.05) is 49.6 Å². The molecule has 110 valence electrons. The number of hydrogen-bond acceptors (Lipinski definition) is 4. The minimum atomic E-state index is 0.267. The highest BCUT2D eigenvalue weighted by Crippen LogP contribution is 2.39. The summed E-state index contributed by atoms with van der Waals surface area (Å²) in [5.74, 6) is 1.09. The van der Waals surface area contributed by atoms with Gasteiger partial charge in [0.05, 0.1) is 12.2 Å². The lowest BCUT2D eigenvalue weighted by Crippen LogP contribution is -2.43. The van der Waals surface area contributed by atoms with E-state index in [1.807, 2.05) is 0 Å². The Morgan fingerprint density at radius 1 is 1.30 bits per heavy atom. The fourth-order valence-corrected chi connectivity index (χ4v) is 3.17. The van der Waals surface area contributed by atoms with Crippen molar-refractivity contribution < 1.29 is 4.74 Å². The summed E-state index contributed by atoms with van der Waals surface area (Å²) in [5, 5.41) is 3.41. The lowest BCUT2D eigenvalue weighted by Gasteiger charge is -2.36. The predicted molar refractivity (Wildman–Crippen MR) is 84.3 cm³/mol. The molecule has 2 heterocycles. The van der Waals surface area contributed by atoms with Crippen LogP contribution in [0.5, 0.6) is 5.75 Å².